The van der Waals surface area contributed by atoms with Crippen LogP contribution in [0.1, 0.15) is 62.8 Å². The molecular formula is C24H27F3. The van der Waals surface area contributed by atoms with Gasteiger partial charge >= 0.3 is 0 Å². The highest BCUT2D eigenvalue weighted by atomic mass is 19.2. The molecule has 0 unspecified atom stereocenters. The van der Waals surface area contributed by atoms with Gasteiger partial charge in [-0.1, -0.05) is 49.2 Å². The fourth-order valence-electron chi connectivity index (χ4n) is 4.17. The molecule has 0 spiro atoms. The summed E-state index contributed by atoms with van der Waals surface area (Å²) in [6.45, 7) is 0. The Balaban J connectivity index is 1.50. The maximum Gasteiger partial charge on any atom is 0.159 e. The summed E-state index contributed by atoms with van der Waals surface area (Å²) in [7, 11) is 0. The molecule has 0 amide bonds. The normalized spacial score (nSPS) is 20.3. The molecule has 0 saturated heterocycles. The van der Waals surface area contributed by atoms with Crippen molar-refractivity contribution in [1.82, 2.24) is 0 Å². The van der Waals surface area contributed by atoms with Gasteiger partial charge < -0.3 is 0 Å². The summed E-state index contributed by atoms with van der Waals surface area (Å²) in [5, 5.41) is 0. The molecule has 3 heteroatoms. The first-order valence-corrected chi connectivity index (χ1v) is 9.98. The highest BCUT2D eigenvalue weighted by molar-refractivity contribution is 5.63. The lowest BCUT2D eigenvalue weighted by Crippen LogP contribution is -2.13. The van der Waals surface area contributed by atoms with Gasteiger partial charge in [0.1, 0.15) is 0 Å². The summed E-state index contributed by atoms with van der Waals surface area (Å²) in [4.78, 5) is 0. The van der Waals surface area contributed by atoms with Gasteiger partial charge in [-0.2, -0.15) is 0 Å². The highest BCUT2D eigenvalue weighted by Gasteiger charge is 2.22. The van der Waals surface area contributed by atoms with Crippen LogP contribution in [0.5, 0.6) is 0 Å². The summed E-state index contributed by atoms with van der Waals surface area (Å²) in [6, 6.07) is 12.3. The Labute approximate surface area is 160 Å². The maximum absolute atomic E-state index is 13.4. The van der Waals surface area contributed by atoms with E-state index >= 15 is 0 Å². The van der Waals surface area contributed by atoms with E-state index < -0.39 is 11.6 Å². The van der Waals surface area contributed by atoms with E-state index in [4.69, 9.17) is 0 Å². The number of hydrogen-bond acceptors (Lipinski definition) is 0. The molecule has 2 aromatic rings. The Morgan fingerprint density at radius 3 is 2.19 bits per heavy atom. The van der Waals surface area contributed by atoms with E-state index in [9.17, 15) is 13.2 Å². The zero-order chi connectivity index (χ0) is 19.1. The quantitative estimate of drug-likeness (QED) is 0.433. The number of hydrogen-bond donors (Lipinski definition) is 0. The fourth-order valence-corrected chi connectivity index (χ4v) is 4.17. The predicted octanol–water partition coefficient (Wildman–Crippen LogP) is 7.95. The summed E-state index contributed by atoms with van der Waals surface area (Å²) in [5.74, 6) is -0.228. The molecule has 1 fully saturated rings. The van der Waals surface area contributed by atoms with Crippen LogP contribution in [0, 0.1) is 17.6 Å². The van der Waals surface area contributed by atoms with Crippen LogP contribution >= 0.6 is 0 Å². The van der Waals surface area contributed by atoms with Crippen molar-refractivity contribution in [2.75, 3.05) is 0 Å². The molecule has 1 saturated carbocycles. The topological polar surface area (TPSA) is 0 Å². The van der Waals surface area contributed by atoms with E-state index in [0.29, 0.717) is 17.8 Å². The van der Waals surface area contributed by atoms with Crippen molar-refractivity contribution in [2.45, 2.75) is 57.3 Å². The van der Waals surface area contributed by atoms with Crippen LogP contribution in [0.25, 0.3) is 11.1 Å². The Hall–Kier alpha value is -2.03. The number of rotatable bonds is 7. The van der Waals surface area contributed by atoms with E-state index in [1.54, 1.807) is 12.1 Å². The highest BCUT2D eigenvalue weighted by Crippen LogP contribution is 2.38. The Kier molecular flexibility index (Phi) is 7.14. The van der Waals surface area contributed by atoms with Crippen LogP contribution in [-0.4, -0.2) is 0 Å². The van der Waals surface area contributed by atoms with Crippen LogP contribution in [0.4, 0.5) is 13.2 Å². The first kappa shape index (κ1) is 19.7. The molecule has 27 heavy (non-hydrogen) atoms. The lowest BCUT2D eigenvalue weighted by Gasteiger charge is -2.29. The van der Waals surface area contributed by atoms with Crippen molar-refractivity contribution in [2.24, 2.45) is 5.92 Å². The van der Waals surface area contributed by atoms with Crippen LogP contribution in [0.3, 0.4) is 0 Å². The van der Waals surface area contributed by atoms with Crippen molar-refractivity contribution in [3.63, 3.8) is 0 Å². The molecule has 0 radical (unpaired) electrons. The molecule has 2 aromatic carbocycles. The lowest BCUT2D eigenvalue weighted by atomic mass is 9.77. The van der Waals surface area contributed by atoms with E-state index in [1.807, 2.05) is 12.1 Å². The van der Waals surface area contributed by atoms with Crippen molar-refractivity contribution in [3.05, 3.63) is 72.1 Å². The van der Waals surface area contributed by atoms with Crippen molar-refractivity contribution in [1.29, 1.82) is 0 Å². The van der Waals surface area contributed by atoms with Gasteiger partial charge in [-0.05, 0) is 79.2 Å². The molecule has 0 heterocycles. The van der Waals surface area contributed by atoms with Crippen LogP contribution in [-0.2, 0) is 0 Å². The van der Waals surface area contributed by atoms with Gasteiger partial charge in [0.25, 0.3) is 0 Å². The molecule has 0 N–H and O–H groups in total. The van der Waals surface area contributed by atoms with Crippen LogP contribution < -0.4 is 0 Å². The SMILES string of the molecule is FC=CCCCC[C@H]1CC[C@H](c2ccc(-c3ccc(F)c(F)c3)cc2)CC1. The fraction of sp³-hybridized carbons (Fsp3) is 0.417. The number of allylic oxidation sites excluding steroid dienone is 1. The monoisotopic (exact) mass is 372 g/mol. The Morgan fingerprint density at radius 1 is 0.815 bits per heavy atom. The smallest absolute Gasteiger partial charge is 0.159 e. The van der Waals surface area contributed by atoms with Gasteiger partial charge in [-0.3, -0.25) is 0 Å². The molecule has 144 valence electrons. The second kappa shape index (κ2) is 9.77. The standard InChI is InChI=1S/C24H27F3/c25-16-4-2-1-3-5-18-6-8-19(9-7-18)20-10-12-21(13-11-20)22-14-15-23(26)24(27)17-22/h4,10-19H,1-3,5-9H2/t18-,19-. The molecule has 1 aliphatic carbocycles. The van der Waals surface area contributed by atoms with Crippen molar-refractivity contribution in [3.8, 4) is 11.1 Å². The first-order valence-electron chi connectivity index (χ1n) is 9.98. The van der Waals surface area contributed by atoms with Gasteiger partial charge in [0.05, 0.1) is 6.33 Å². The van der Waals surface area contributed by atoms with E-state index in [0.717, 1.165) is 24.3 Å². The zero-order valence-electron chi connectivity index (χ0n) is 15.6. The number of benzene rings is 2. The van der Waals surface area contributed by atoms with Crippen LogP contribution in [0.15, 0.2) is 54.9 Å². The molecule has 0 nitrogen and oxygen atoms in total. The minimum absolute atomic E-state index is 0.592. The summed E-state index contributed by atoms with van der Waals surface area (Å²) >= 11 is 0. The zero-order valence-corrected chi connectivity index (χ0v) is 15.6. The summed E-state index contributed by atoms with van der Waals surface area (Å²) in [5.41, 5.74) is 2.95. The molecule has 0 aliphatic heterocycles. The summed E-state index contributed by atoms with van der Waals surface area (Å²) in [6.07, 6.45) is 11.5. The van der Waals surface area contributed by atoms with E-state index in [-0.39, 0.29) is 0 Å². The van der Waals surface area contributed by atoms with Gasteiger partial charge in [-0.15, -0.1) is 0 Å². The third kappa shape index (κ3) is 5.47. The lowest BCUT2D eigenvalue weighted by molar-refractivity contribution is 0.303. The van der Waals surface area contributed by atoms with E-state index in [1.165, 1.54) is 56.2 Å². The molecule has 1 aliphatic rings. The van der Waals surface area contributed by atoms with Crippen molar-refractivity contribution < 1.29 is 13.2 Å². The molecule has 0 aromatic heterocycles. The average Bonchev–Trinajstić information content (AvgIpc) is 2.71. The van der Waals surface area contributed by atoms with E-state index in [2.05, 4.69) is 12.1 Å². The van der Waals surface area contributed by atoms with Gasteiger partial charge in [0, 0.05) is 0 Å². The Bertz CT molecular complexity index is 741. The molecule has 3 rings (SSSR count). The minimum Gasteiger partial charge on any atom is -0.216 e. The van der Waals surface area contributed by atoms with Gasteiger partial charge in [0.2, 0.25) is 0 Å². The third-order valence-electron chi connectivity index (χ3n) is 5.80. The van der Waals surface area contributed by atoms with Crippen molar-refractivity contribution >= 4 is 0 Å². The predicted molar refractivity (Wildman–Crippen MR) is 105 cm³/mol. The minimum atomic E-state index is -0.814. The first-order chi connectivity index (χ1) is 13.2. The third-order valence-corrected chi connectivity index (χ3v) is 5.80. The second-order valence-electron chi connectivity index (χ2n) is 7.61. The largest absolute Gasteiger partial charge is 0.216 e. The molecule has 0 atom stereocenters. The molecule has 0 bridgehead atoms. The molecular weight excluding hydrogens is 345 g/mol. The summed E-state index contributed by atoms with van der Waals surface area (Å²) < 4.78 is 38.4. The average molecular weight is 372 g/mol. The van der Waals surface area contributed by atoms with Gasteiger partial charge in [0.15, 0.2) is 11.6 Å². The Morgan fingerprint density at radius 2 is 1.52 bits per heavy atom. The maximum atomic E-state index is 13.4. The second-order valence-corrected chi connectivity index (χ2v) is 7.61. The number of halogens is 3. The number of unbranched alkanes of at least 4 members (excludes halogenated alkanes) is 2. The van der Waals surface area contributed by atoms with Gasteiger partial charge in [-0.25, -0.2) is 13.2 Å². The van der Waals surface area contributed by atoms with Crippen LogP contribution in [0.2, 0.25) is 0 Å².